The molecule has 6 heteroatoms. The molecule has 0 aromatic carbocycles. The maximum absolute atomic E-state index is 12.0. The molecule has 1 fully saturated rings. The fourth-order valence-corrected chi connectivity index (χ4v) is 2.81. The number of carbonyl (C=O) groups excluding carboxylic acids is 1. The van der Waals surface area contributed by atoms with Crippen molar-refractivity contribution in [2.75, 3.05) is 19.6 Å². The zero-order valence-corrected chi connectivity index (χ0v) is 12.5. The van der Waals surface area contributed by atoms with Gasteiger partial charge in [0.05, 0.1) is 24.3 Å². The van der Waals surface area contributed by atoms with E-state index in [2.05, 4.69) is 5.32 Å². The third-order valence-corrected chi connectivity index (χ3v) is 4.28. The molecular formula is C15H22N2O4. The molecule has 0 saturated carbocycles. The summed E-state index contributed by atoms with van der Waals surface area (Å²) in [6, 6.07) is 3.40. The molecule has 1 aliphatic rings. The fourth-order valence-electron chi connectivity index (χ4n) is 2.81. The van der Waals surface area contributed by atoms with Gasteiger partial charge in [-0.05, 0) is 38.4 Å². The molecule has 1 aromatic rings. The Labute approximate surface area is 124 Å². The lowest BCUT2D eigenvalue weighted by Crippen LogP contribution is -2.39. The third-order valence-electron chi connectivity index (χ3n) is 4.28. The Bertz CT molecular complexity index is 500. The van der Waals surface area contributed by atoms with Crippen molar-refractivity contribution in [1.29, 1.82) is 0 Å². The van der Waals surface area contributed by atoms with Crippen molar-refractivity contribution >= 4 is 11.9 Å². The normalized spacial score (nSPS) is 23.9. The second-order valence-corrected chi connectivity index (χ2v) is 5.70. The summed E-state index contributed by atoms with van der Waals surface area (Å²) in [6.45, 7) is 5.04. The van der Waals surface area contributed by atoms with Gasteiger partial charge in [0.25, 0.3) is 0 Å². The minimum Gasteiger partial charge on any atom is -0.481 e. The molecule has 1 amide bonds. The Balaban J connectivity index is 1.85. The van der Waals surface area contributed by atoms with E-state index in [0.29, 0.717) is 31.7 Å². The molecule has 2 heterocycles. The molecule has 1 aromatic heterocycles. The maximum Gasteiger partial charge on any atom is 0.310 e. The summed E-state index contributed by atoms with van der Waals surface area (Å²) in [5.74, 6) is -0.175. The minimum atomic E-state index is -0.767. The molecule has 0 radical (unpaired) electrons. The molecule has 1 saturated heterocycles. The zero-order valence-electron chi connectivity index (χ0n) is 12.5. The highest BCUT2D eigenvalue weighted by Crippen LogP contribution is 2.33. The fraction of sp³-hybridized carbons (Fsp3) is 0.600. The van der Waals surface area contributed by atoms with E-state index in [0.717, 1.165) is 0 Å². The number of carboxylic acids is 1. The lowest BCUT2D eigenvalue weighted by molar-refractivity contribution is -0.148. The largest absolute Gasteiger partial charge is 0.481 e. The Morgan fingerprint density at radius 2 is 2.33 bits per heavy atom. The first-order chi connectivity index (χ1) is 9.97. The number of hydrogen-bond acceptors (Lipinski definition) is 4. The van der Waals surface area contributed by atoms with Crippen LogP contribution in [0, 0.1) is 5.41 Å². The van der Waals surface area contributed by atoms with E-state index >= 15 is 0 Å². The van der Waals surface area contributed by atoms with Crippen molar-refractivity contribution in [3.8, 4) is 0 Å². The van der Waals surface area contributed by atoms with Gasteiger partial charge in [-0.15, -0.1) is 0 Å². The average molecular weight is 294 g/mol. The Morgan fingerprint density at radius 1 is 1.57 bits per heavy atom. The van der Waals surface area contributed by atoms with Crippen LogP contribution >= 0.6 is 0 Å². The molecule has 0 spiro atoms. The number of nitrogens with zero attached hydrogens (tertiary/aromatic N) is 1. The summed E-state index contributed by atoms with van der Waals surface area (Å²) in [5.41, 5.74) is -0.701. The second kappa shape index (κ2) is 6.30. The lowest BCUT2D eigenvalue weighted by Gasteiger charge is -2.23. The molecule has 0 aliphatic carbocycles. The standard InChI is InChI=1S/C15H22N2O4/c1-3-15(14(19)20)6-7-17(10-15)9-13(18)16-11(2)12-5-4-8-21-12/h4-5,8,11H,3,6-7,9-10H2,1-2H3,(H,16,18)(H,19,20). The average Bonchev–Trinajstić information content (AvgIpc) is 3.08. The van der Waals surface area contributed by atoms with E-state index in [9.17, 15) is 14.7 Å². The summed E-state index contributed by atoms with van der Waals surface area (Å²) in [4.78, 5) is 25.3. The summed E-state index contributed by atoms with van der Waals surface area (Å²) < 4.78 is 5.24. The number of aliphatic carboxylic acids is 1. The Hall–Kier alpha value is -1.82. The Morgan fingerprint density at radius 3 is 2.86 bits per heavy atom. The van der Waals surface area contributed by atoms with Crippen molar-refractivity contribution in [2.45, 2.75) is 32.7 Å². The SMILES string of the molecule is CCC1(C(=O)O)CCN(CC(=O)NC(C)c2ccco2)C1. The number of carbonyl (C=O) groups is 2. The van der Waals surface area contributed by atoms with Crippen molar-refractivity contribution in [1.82, 2.24) is 10.2 Å². The maximum atomic E-state index is 12.0. The van der Waals surface area contributed by atoms with Crippen molar-refractivity contribution in [3.63, 3.8) is 0 Å². The van der Waals surface area contributed by atoms with E-state index in [4.69, 9.17) is 4.42 Å². The van der Waals surface area contributed by atoms with Gasteiger partial charge < -0.3 is 14.8 Å². The van der Waals surface area contributed by atoms with Gasteiger partial charge in [0.15, 0.2) is 0 Å². The van der Waals surface area contributed by atoms with Crippen molar-refractivity contribution < 1.29 is 19.1 Å². The van der Waals surface area contributed by atoms with Gasteiger partial charge in [0.2, 0.25) is 5.91 Å². The van der Waals surface area contributed by atoms with E-state index in [1.165, 1.54) is 0 Å². The lowest BCUT2D eigenvalue weighted by atomic mass is 9.84. The molecule has 0 bridgehead atoms. The zero-order chi connectivity index (χ0) is 15.5. The molecule has 6 nitrogen and oxygen atoms in total. The van der Waals surface area contributed by atoms with Crippen molar-refractivity contribution in [3.05, 3.63) is 24.2 Å². The smallest absolute Gasteiger partial charge is 0.310 e. The second-order valence-electron chi connectivity index (χ2n) is 5.70. The third kappa shape index (κ3) is 3.44. The molecule has 21 heavy (non-hydrogen) atoms. The number of carboxylic acid groups (broad SMARTS) is 1. The molecule has 2 rings (SSSR count). The highest BCUT2D eigenvalue weighted by Gasteiger charge is 2.43. The van der Waals surface area contributed by atoms with Crippen LogP contribution in [0.25, 0.3) is 0 Å². The van der Waals surface area contributed by atoms with Crippen LogP contribution in [-0.2, 0) is 9.59 Å². The number of amides is 1. The van der Waals surface area contributed by atoms with Crippen LogP contribution in [0.4, 0.5) is 0 Å². The van der Waals surface area contributed by atoms with Gasteiger partial charge in [-0.25, -0.2) is 0 Å². The van der Waals surface area contributed by atoms with Gasteiger partial charge in [0.1, 0.15) is 5.76 Å². The minimum absolute atomic E-state index is 0.115. The van der Waals surface area contributed by atoms with Crippen molar-refractivity contribution in [2.24, 2.45) is 5.41 Å². The molecule has 1 aliphatic heterocycles. The first-order valence-corrected chi connectivity index (χ1v) is 7.25. The number of furan rings is 1. The van der Waals surface area contributed by atoms with Crippen LogP contribution < -0.4 is 5.32 Å². The highest BCUT2D eigenvalue weighted by atomic mass is 16.4. The molecular weight excluding hydrogens is 272 g/mol. The predicted molar refractivity (Wildman–Crippen MR) is 76.7 cm³/mol. The van der Waals surface area contributed by atoms with Gasteiger partial charge >= 0.3 is 5.97 Å². The summed E-state index contributed by atoms with van der Waals surface area (Å²) in [5, 5.41) is 12.2. The van der Waals surface area contributed by atoms with Crippen LogP contribution in [0.15, 0.2) is 22.8 Å². The molecule has 2 unspecified atom stereocenters. The van der Waals surface area contributed by atoms with E-state index in [1.54, 1.807) is 12.3 Å². The predicted octanol–water partition coefficient (Wildman–Crippen LogP) is 1.64. The van der Waals surface area contributed by atoms with Crippen LogP contribution in [-0.4, -0.2) is 41.5 Å². The van der Waals surface area contributed by atoms with E-state index < -0.39 is 11.4 Å². The number of hydrogen-bond donors (Lipinski definition) is 2. The highest BCUT2D eigenvalue weighted by molar-refractivity contribution is 5.79. The van der Waals surface area contributed by atoms with Crippen LogP contribution in [0.1, 0.15) is 38.5 Å². The summed E-state index contributed by atoms with van der Waals surface area (Å²) in [7, 11) is 0. The number of rotatable bonds is 6. The van der Waals surface area contributed by atoms with E-state index in [1.807, 2.05) is 24.8 Å². The van der Waals surface area contributed by atoms with Crippen LogP contribution in [0.2, 0.25) is 0 Å². The first kappa shape index (κ1) is 15.6. The van der Waals surface area contributed by atoms with Gasteiger partial charge in [-0.1, -0.05) is 6.92 Å². The molecule has 2 atom stereocenters. The summed E-state index contributed by atoms with van der Waals surface area (Å²) >= 11 is 0. The number of nitrogens with one attached hydrogen (secondary N) is 1. The Kier molecular flexibility index (Phi) is 4.67. The molecule has 116 valence electrons. The van der Waals surface area contributed by atoms with Crippen LogP contribution in [0.5, 0.6) is 0 Å². The van der Waals surface area contributed by atoms with Gasteiger partial charge in [-0.3, -0.25) is 14.5 Å². The number of likely N-dealkylation sites (tertiary alicyclic amines) is 1. The van der Waals surface area contributed by atoms with Crippen LogP contribution in [0.3, 0.4) is 0 Å². The van der Waals surface area contributed by atoms with Gasteiger partial charge in [-0.2, -0.15) is 0 Å². The summed E-state index contributed by atoms with van der Waals surface area (Å²) in [6.07, 6.45) is 2.75. The molecule has 2 N–H and O–H groups in total. The first-order valence-electron chi connectivity index (χ1n) is 7.25. The topological polar surface area (TPSA) is 82.8 Å². The van der Waals surface area contributed by atoms with E-state index in [-0.39, 0.29) is 18.5 Å². The monoisotopic (exact) mass is 294 g/mol. The quantitative estimate of drug-likeness (QED) is 0.833. The van der Waals surface area contributed by atoms with Gasteiger partial charge in [0, 0.05) is 6.54 Å².